The van der Waals surface area contributed by atoms with Crippen molar-refractivity contribution in [2.75, 3.05) is 24.2 Å². The van der Waals surface area contributed by atoms with Crippen LogP contribution in [-0.2, 0) is 14.8 Å². The molecule has 1 atom stereocenters. The van der Waals surface area contributed by atoms with Crippen LogP contribution >= 0.6 is 11.6 Å². The highest BCUT2D eigenvalue weighted by Gasteiger charge is 2.24. The fourth-order valence-corrected chi connectivity index (χ4v) is 3.93. The molecule has 0 aliphatic carbocycles. The van der Waals surface area contributed by atoms with Crippen LogP contribution in [0.5, 0.6) is 5.75 Å². The summed E-state index contributed by atoms with van der Waals surface area (Å²) in [5.74, 6) is 0.331. The number of carbonyl (C=O) groups is 1. The Balaban J connectivity index is 2.22. The maximum Gasteiger partial charge on any atom is 0.241 e. The Morgan fingerprint density at radius 3 is 2.39 bits per heavy atom. The topological polar surface area (TPSA) is 75.7 Å². The maximum atomic E-state index is 12.7. The van der Waals surface area contributed by atoms with Crippen LogP contribution in [0.15, 0.2) is 42.5 Å². The van der Waals surface area contributed by atoms with Crippen LogP contribution < -0.4 is 14.4 Å². The monoisotopic (exact) mass is 424 g/mol. The van der Waals surface area contributed by atoms with Crippen molar-refractivity contribution in [1.29, 1.82) is 0 Å². The molecule has 2 rings (SSSR count). The number of nitrogens with one attached hydrogen (secondary N) is 1. The molecule has 0 saturated carbocycles. The molecule has 0 aliphatic rings. The van der Waals surface area contributed by atoms with E-state index in [1.54, 1.807) is 32.2 Å². The number of hydrogen-bond donors (Lipinski definition) is 1. The first-order chi connectivity index (χ1) is 13.2. The predicted octanol–water partition coefficient (Wildman–Crippen LogP) is 3.69. The number of halogens is 1. The molecule has 6 nitrogen and oxygen atoms in total. The summed E-state index contributed by atoms with van der Waals surface area (Å²) in [6.45, 7) is 3.39. The summed E-state index contributed by atoms with van der Waals surface area (Å²) in [6.07, 6.45) is 1.73. The van der Waals surface area contributed by atoms with Gasteiger partial charge in [-0.05, 0) is 48.7 Å². The van der Waals surface area contributed by atoms with E-state index in [0.717, 1.165) is 21.9 Å². The lowest BCUT2D eigenvalue weighted by molar-refractivity contribution is -0.120. The van der Waals surface area contributed by atoms with Gasteiger partial charge in [-0.25, -0.2) is 8.42 Å². The first-order valence-corrected chi connectivity index (χ1v) is 11.1. The van der Waals surface area contributed by atoms with Crippen molar-refractivity contribution in [2.45, 2.75) is 26.3 Å². The quantitative estimate of drug-likeness (QED) is 0.701. The van der Waals surface area contributed by atoms with Gasteiger partial charge in [-0.15, -0.1) is 0 Å². The summed E-state index contributed by atoms with van der Waals surface area (Å²) in [4.78, 5) is 12.7. The Morgan fingerprint density at radius 2 is 1.86 bits per heavy atom. The number of benzene rings is 2. The highest BCUT2D eigenvalue weighted by molar-refractivity contribution is 7.92. The summed E-state index contributed by atoms with van der Waals surface area (Å²) in [6, 6.07) is 12.1. The number of nitrogens with zero attached hydrogens (tertiary/aromatic N) is 1. The highest BCUT2D eigenvalue weighted by Crippen LogP contribution is 2.26. The lowest BCUT2D eigenvalue weighted by atomic mass is 10.0. The molecular formula is C20H25ClN2O4S. The molecule has 8 heteroatoms. The second-order valence-corrected chi connectivity index (χ2v) is 8.85. The number of amides is 1. The third-order valence-electron chi connectivity index (χ3n) is 4.39. The average molecular weight is 425 g/mol. The van der Waals surface area contributed by atoms with Gasteiger partial charge in [0.2, 0.25) is 15.9 Å². The molecule has 0 fully saturated rings. The van der Waals surface area contributed by atoms with Crippen LogP contribution in [0.25, 0.3) is 0 Å². The van der Waals surface area contributed by atoms with Gasteiger partial charge in [0, 0.05) is 5.02 Å². The number of hydrogen-bond acceptors (Lipinski definition) is 4. The van der Waals surface area contributed by atoms with Gasteiger partial charge in [-0.2, -0.15) is 0 Å². The third kappa shape index (κ3) is 5.62. The lowest BCUT2D eigenvalue weighted by Crippen LogP contribution is -2.41. The van der Waals surface area contributed by atoms with E-state index < -0.39 is 15.9 Å². The standard InChI is InChI=1S/C20H25ClN2O4S/c1-5-18(15-7-10-17(27-3)11-8-15)22-20(24)13-23(28(4,25)26)19-12-16(21)9-6-14(19)2/h6-12,18H,5,13H2,1-4H3,(H,22,24)/t18-/m1/s1. The highest BCUT2D eigenvalue weighted by atomic mass is 35.5. The lowest BCUT2D eigenvalue weighted by Gasteiger charge is -2.25. The molecule has 2 aromatic rings. The van der Waals surface area contributed by atoms with E-state index >= 15 is 0 Å². The minimum Gasteiger partial charge on any atom is -0.497 e. The third-order valence-corrected chi connectivity index (χ3v) is 5.75. The normalized spacial score (nSPS) is 12.3. The molecule has 152 valence electrons. The van der Waals surface area contributed by atoms with Crippen LogP contribution in [0.4, 0.5) is 5.69 Å². The molecule has 0 bridgehead atoms. The predicted molar refractivity (Wildman–Crippen MR) is 113 cm³/mol. The molecule has 2 aromatic carbocycles. The van der Waals surface area contributed by atoms with Gasteiger partial charge in [0.1, 0.15) is 12.3 Å². The molecule has 0 radical (unpaired) electrons. The molecule has 0 aromatic heterocycles. The Kier molecular flexibility index (Phi) is 7.32. The van der Waals surface area contributed by atoms with Crippen LogP contribution in [0, 0.1) is 6.92 Å². The Morgan fingerprint density at radius 1 is 1.21 bits per heavy atom. The molecular weight excluding hydrogens is 400 g/mol. The van der Waals surface area contributed by atoms with Crippen LogP contribution in [0.3, 0.4) is 0 Å². The van der Waals surface area contributed by atoms with E-state index in [1.165, 1.54) is 0 Å². The number of rotatable bonds is 8. The van der Waals surface area contributed by atoms with E-state index in [0.29, 0.717) is 22.7 Å². The number of anilines is 1. The first-order valence-electron chi connectivity index (χ1n) is 8.83. The first kappa shape index (κ1) is 22.0. The molecule has 28 heavy (non-hydrogen) atoms. The zero-order chi connectivity index (χ0) is 20.9. The van der Waals surface area contributed by atoms with Gasteiger partial charge in [0.25, 0.3) is 0 Å². The van der Waals surface area contributed by atoms with Crippen molar-refractivity contribution in [1.82, 2.24) is 5.32 Å². The van der Waals surface area contributed by atoms with E-state index in [1.807, 2.05) is 31.2 Å². The Labute approximate surface area is 171 Å². The summed E-state index contributed by atoms with van der Waals surface area (Å²) < 4.78 is 30.9. The SMILES string of the molecule is CC[C@@H](NC(=O)CN(c1cc(Cl)ccc1C)S(C)(=O)=O)c1ccc(OC)cc1. The molecule has 1 amide bonds. The van der Waals surface area contributed by atoms with E-state index in [4.69, 9.17) is 16.3 Å². The minimum absolute atomic E-state index is 0.236. The van der Waals surface area contributed by atoms with Crippen LogP contribution in [0.1, 0.15) is 30.5 Å². The van der Waals surface area contributed by atoms with Crippen molar-refractivity contribution in [2.24, 2.45) is 0 Å². The summed E-state index contributed by atoms with van der Waals surface area (Å²) in [7, 11) is -2.08. The Bertz CT molecular complexity index is 930. The van der Waals surface area contributed by atoms with Gasteiger partial charge < -0.3 is 10.1 Å². The van der Waals surface area contributed by atoms with E-state index in [9.17, 15) is 13.2 Å². The van der Waals surface area contributed by atoms with Gasteiger partial charge in [-0.3, -0.25) is 9.10 Å². The number of ether oxygens (including phenoxy) is 1. The fourth-order valence-electron chi connectivity index (χ4n) is 2.86. The fraction of sp³-hybridized carbons (Fsp3) is 0.350. The zero-order valence-corrected chi connectivity index (χ0v) is 18.0. The number of sulfonamides is 1. The second kappa shape index (κ2) is 9.30. The molecule has 0 saturated heterocycles. The maximum absolute atomic E-state index is 12.7. The largest absolute Gasteiger partial charge is 0.497 e. The van der Waals surface area contributed by atoms with Crippen molar-refractivity contribution in [3.05, 3.63) is 58.6 Å². The van der Waals surface area contributed by atoms with E-state index in [-0.39, 0.29) is 12.6 Å². The summed E-state index contributed by atoms with van der Waals surface area (Å²) in [5.41, 5.74) is 2.02. The summed E-state index contributed by atoms with van der Waals surface area (Å²) >= 11 is 6.03. The van der Waals surface area contributed by atoms with Crippen molar-refractivity contribution >= 4 is 33.2 Å². The molecule has 0 spiro atoms. The summed E-state index contributed by atoms with van der Waals surface area (Å²) in [5, 5.41) is 3.31. The van der Waals surface area contributed by atoms with Gasteiger partial charge in [0.05, 0.1) is 25.1 Å². The smallest absolute Gasteiger partial charge is 0.241 e. The van der Waals surface area contributed by atoms with Gasteiger partial charge in [-0.1, -0.05) is 36.7 Å². The molecule has 0 aliphatic heterocycles. The second-order valence-electron chi connectivity index (χ2n) is 6.50. The number of aryl methyl sites for hydroxylation is 1. The molecule has 0 unspecified atom stereocenters. The van der Waals surface area contributed by atoms with Crippen LogP contribution in [0.2, 0.25) is 5.02 Å². The van der Waals surface area contributed by atoms with Crippen molar-refractivity contribution < 1.29 is 17.9 Å². The van der Waals surface area contributed by atoms with Crippen LogP contribution in [-0.4, -0.2) is 34.2 Å². The minimum atomic E-state index is -3.67. The molecule has 1 N–H and O–H groups in total. The Hall–Kier alpha value is -2.25. The average Bonchev–Trinajstić information content (AvgIpc) is 2.65. The zero-order valence-electron chi connectivity index (χ0n) is 16.4. The number of methoxy groups -OCH3 is 1. The van der Waals surface area contributed by atoms with Gasteiger partial charge >= 0.3 is 0 Å². The van der Waals surface area contributed by atoms with Gasteiger partial charge in [0.15, 0.2) is 0 Å². The number of carbonyl (C=O) groups excluding carboxylic acids is 1. The van der Waals surface area contributed by atoms with E-state index in [2.05, 4.69) is 5.32 Å². The molecule has 0 heterocycles. The van der Waals surface area contributed by atoms with Crippen molar-refractivity contribution in [3.8, 4) is 5.75 Å². The van der Waals surface area contributed by atoms with Crippen molar-refractivity contribution in [3.63, 3.8) is 0 Å².